The van der Waals surface area contributed by atoms with Crippen LogP contribution in [0, 0.1) is 0 Å². The van der Waals surface area contributed by atoms with Gasteiger partial charge in [0.15, 0.2) is 12.2 Å². The second-order valence-corrected chi connectivity index (χ2v) is 7.62. The van der Waals surface area contributed by atoms with Gasteiger partial charge < -0.3 is 23.7 Å². The molecule has 1 fully saturated rings. The van der Waals surface area contributed by atoms with E-state index in [2.05, 4.69) is 0 Å². The minimum absolute atomic E-state index is 0.0849. The van der Waals surface area contributed by atoms with Crippen LogP contribution in [-0.4, -0.2) is 77.8 Å². The number of carbonyl (C=O) groups excluding carboxylic acids is 6. The highest BCUT2D eigenvalue weighted by Crippen LogP contribution is 2.35. The summed E-state index contributed by atoms with van der Waals surface area (Å²) in [7, 11) is 0. The second-order valence-electron chi connectivity index (χ2n) is 7.62. The van der Waals surface area contributed by atoms with E-state index in [0.717, 1.165) is 32.6 Å². The minimum atomic E-state index is -1.63. The average Bonchev–Trinajstić information content (AvgIpc) is 2.98. The standard InChI is InChI=1S/C22H23NO11/c1-10(24)30-9-16-18(31-11(2)25)19(32-12(3)26)17(22(34-16)33-13(4)27)23-20(28)14-7-5-6-8-15(14)21(23)29/h5-8,16-19,22H,9H2,1-4H3/t16?,17?,18?,19-,22?/m1/s1. The molecule has 12 nitrogen and oxygen atoms in total. The molecule has 34 heavy (non-hydrogen) atoms. The molecule has 0 aromatic heterocycles. The highest BCUT2D eigenvalue weighted by Gasteiger charge is 2.58. The predicted octanol–water partition coefficient (Wildman–Crippen LogP) is 0.366. The van der Waals surface area contributed by atoms with E-state index >= 15 is 0 Å². The van der Waals surface area contributed by atoms with E-state index < -0.39 is 72.9 Å². The molecular weight excluding hydrogens is 454 g/mol. The van der Waals surface area contributed by atoms with Gasteiger partial charge in [-0.3, -0.25) is 33.7 Å². The Morgan fingerprint density at radius 2 is 1.29 bits per heavy atom. The smallest absolute Gasteiger partial charge is 0.305 e. The van der Waals surface area contributed by atoms with E-state index in [0.29, 0.717) is 0 Å². The number of amides is 2. The first kappa shape index (κ1) is 24.8. The number of hydrogen-bond acceptors (Lipinski definition) is 11. The molecule has 2 aliphatic heterocycles. The lowest BCUT2D eigenvalue weighted by molar-refractivity contribution is -0.278. The molecule has 3 rings (SSSR count). The first-order valence-electron chi connectivity index (χ1n) is 10.3. The molecule has 2 amide bonds. The van der Waals surface area contributed by atoms with E-state index in [1.54, 1.807) is 12.1 Å². The lowest BCUT2D eigenvalue weighted by atomic mass is 9.94. The molecule has 5 atom stereocenters. The predicted molar refractivity (Wildman–Crippen MR) is 109 cm³/mol. The molecule has 182 valence electrons. The number of nitrogens with zero attached hydrogens (tertiary/aromatic N) is 1. The first-order chi connectivity index (χ1) is 16.0. The fourth-order valence-corrected chi connectivity index (χ4v) is 3.90. The van der Waals surface area contributed by atoms with E-state index in [-0.39, 0.29) is 11.1 Å². The van der Waals surface area contributed by atoms with Gasteiger partial charge >= 0.3 is 23.9 Å². The quantitative estimate of drug-likeness (QED) is 0.317. The van der Waals surface area contributed by atoms with E-state index in [1.807, 2.05) is 0 Å². The molecule has 0 aliphatic carbocycles. The van der Waals surface area contributed by atoms with Crippen LogP contribution in [0.2, 0.25) is 0 Å². The lowest BCUT2D eigenvalue weighted by Crippen LogP contribution is -2.67. The summed E-state index contributed by atoms with van der Waals surface area (Å²) < 4.78 is 26.7. The molecule has 2 heterocycles. The first-order valence-corrected chi connectivity index (χ1v) is 10.3. The van der Waals surface area contributed by atoms with Crippen molar-refractivity contribution in [3.63, 3.8) is 0 Å². The maximum atomic E-state index is 13.2. The fourth-order valence-electron chi connectivity index (χ4n) is 3.90. The van der Waals surface area contributed by atoms with Crippen LogP contribution in [0.1, 0.15) is 48.4 Å². The van der Waals surface area contributed by atoms with Gasteiger partial charge in [-0.2, -0.15) is 0 Å². The van der Waals surface area contributed by atoms with Crippen LogP contribution in [0.3, 0.4) is 0 Å². The fraction of sp³-hybridized carbons (Fsp3) is 0.455. The van der Waals surface area contributed by atoms with E-state index in [1.165, 1.54) is 12.1 Å². The number of benzene rings is 1. The van der Waals surface area contributed by atoms with Crippen LogP contribution >= 0.6 is 0 Å². The zero-order chi connectivity index (χ0) is 25.2. The van der Waals surface area contributed by atoms with Crippen LogP contribution in [0.15, 0.2) is 24.3 Å². The number of hydrogen-bond donors (Lipinski definition) is 0. The summed E-state index contributed by atoms with van der Waals surface area (Å²) in [5.41, 5.74) is 0.170. The zero-order valence-electron chi connectivity index (χ0n) is 18.8. The summed E-state index contributed by atoms with van der Waals surface area (Å²) >= 11 is 0. The number of ether oxygens (including phenoxy) is 5. The summed E-state index contributed by atoms with van der Waals surface area (Å²) in [6.45, 7) is 3.91. The van der Waals surface area contributed by atoms with Gasteiger partial charge in [0.2, 0.25) is 6.29 Å². The Hall–Kier alpha value is -3.80. The number of carbonyl (C=O) groups is 6. The third kappa shape index (κ3) is 5.06. The molecule has 1 saturated heterocycles. The third-order valence-corrected chi connectivity index (χ3v) is 5.08. The van der Waals surface area contributed by atoms with Crippen molar-refractivity contribution in [1.82, 2.24) is 4.90 Å². The Morgan fingerprint density at radius 1 is 0.794 bits per heavy atom. The summed E-state index contributed by atoms with van der Waals surface area (Å²) in [6, 6.07) is 4.49. The summed E-state index contributed by atoms with van der Waals surface area (Å²) in [5, 5.41) is 0. The van der Waals surface area contributed by atoms with Gasteiger partial charge in [0, 0.05) is 27.7 Å². The number of esters is 4. The maximum absolute atomic E-state index is 13.2. The number of imide groups is 1. The number of rotatable bonds is 6. The van der Waals surface area contributed by atoms with Crippen molar-refractivity contribution in [3.8, 4) is 0 Å². The zero-order valence-corrected chi connectivity index (χ0v) is 18.8. The molecule has 1 aromatic rings. The number of fused-ring (bicyclic) bond motifs is 1. The topological polar surface area (TPSA) is 152 Å². The largest absolute Gasteiger partial charge is 0.463 e. The van der Waals surface area contributed by atoms with Crippen molar-refractivity contribution < 1.29 is 52.5 Å². The Balaban J connectivity index is 2.11. The van der Waals surface area contributed by atoms with Gasteiger partial charge in [-0.15, -0.1) is 0 Å². The summed E-state index contributed by atoms with van der Waals surface area (Å²) in [6.07, 6.45) is -5.81. The Labute approximate surface area is 194 Å². The van der Waals surface area contributed by atoms with Crippen LogP contribution < -0.4 is 0 Å². The van der Waals surface area contributed by atoms with Crippen LogP contribution in [0.5, 0.6) is 0 Å². The summed E-state index contributed by atoms with van der Waals surface area (Å²) in [5.74, 6) is -4.64. The Morgan fingerprint density at radius 3 is 1.76 bits per heavy atom. The van der Waals surface area contributed by atoms with Gasteiger partial charge in [0.1, 0.15) is 18.8 Å². The van der Waals surface area contributed by atoms with Crippen molar-refractivity contribution in [2.45, 2.75) is 58.3 Å². The van der Waals surface area contributed by atoms with Crippen molar-refractivity contribution in [2.75, 3.05) is 6.61 Å². The van der Waals surface area contributed by atoms with Crippen molar-refractivity contribution in [2.24, 2.45) is 0 Å². The highest BCUT2D eigenvalue weighted by atomic mass is 16.7. The van der Waals surface area contributed by atoms with Gasteiger partial charge in [-0.1, -0.05) is 12.1 Å². The Kier molecular flexibility index (Phi) is 7.30. The van der Waals surface area contributed by atoms with E-state index in [4.69, 9.17) is 23.7 Å². The average molecular weight is 477 g/mol. The van der Waals surface area contributed by atoms with Crippen LogP contribution in [0.25, 0.3) is 0 Å². The normalized spacial score (nSPS) is 25.9. The molecule has 12 heteroatoms. The minimum Gasteiger partial charge on any atom is -0.463 e. The molecule has 0 radical (unpaired) electrons. The van der Waals surface area contributed by atoms with Gasteiger partial charge in [-0.05, 0) is 12.1 Å². The van der Waals surface area contributed by atoms with Crippen molar-refractivity contribution in [1.29, 1.82) is 0 Å². The van der Waals surface area contributed by atoms with Gasteiger partial charge in [0.05, 0.1) is 11.1 Å². The lowest BCUT2D eigenvalue weighted by Gasteiger charge is -2.46. The van der Waals surface area contributed by atoms with Crippen molar-refractivity contribution >= 4 is 35.7 Å². The molecule has 0 bridgehead atoms. The van der Waals surface area contributed by atoms with Gasteiger partial charge in [0.25, 0.3) is 11.8 Å². The third-order valence-electron chi connectivity index (χ3n) is 5.08. The molecule has 2 aliphatic rings. The molecule has 0 spiro atoms. The second kappa shape index (κ2) is 10.00. The molecule has 4 unspecified atom stereocenters. The molecular formula is C22H23NO11. The van der Waals surface area contributed by atoms with Crippen molar-refractivity contribution in [3.05, 3.63) is 35.4 Å². The maximum Gasteiger partial charge on any atom is 0.305 e. The molecule has 0 N–H and O–H groups in total. The SMILES string of the molecule is CC(=O)OCC1OC(OC(C)=O)C(N2C(=O)c3ccccc3C2=O)[C@@H](OC(C)=O)C1OC(C)=O. The van der Waals surface area contributed by atoms with Crippen LogP contribution in [-0.2, 0) is 42.9 Å². The van der Waals surface area contributed by atoms with E-state index in [9.17, 15) is 28.8 Å². The molecule has 1 aromatic carbocycles. The molecule has 0 saturated carbocycles. The van der Waals surface area contributed by atoms with Gasteiger partial charge in [-0.25, -0.2) is 0 Å². The van der Waals surface area contributed by atoms with Crippen LogP contribution in [0.4, 0.5) is 0 Å². The Bertz CT molecular complexity index is 1000. The summed E-state index contributed by atoms with van der Waals surface area (Å²) in [4.78, 5) is 74.2. The highest BCUT2D eigenvalue weighted by molar-refractivity contribution is 6.21. The monoisotopic (exact) mass is 477 g/mol.